The summed E-state index contributed by atoms with van der Waals surface area (Å²) in [6.07, 6.45) is 6.33. The maximum absolute atomic E-state index is 12.1. The van der Waals surface area contributed by atoms with E-state index in [0.717, 1.165) is 30.7 Å². The quantitative estimate of drug-likeness (QED) is 0.921. The lowest BCUT2D eigenvalue weighted by Gasteiger charge is -2.21. The summed E-state index contributed by atoms with van der Waals surface area (Å²) < 4.78 is 7.24. The van der Waals surface area contributed by atoms with Gasteiger partial charge >= 0.3 is 0 Å². The van der Waals surface area contributed by atoms with Crippen molar-refractivity contribution in [3.05, 3.63) is 48.3 Å². The van der Waals surface area contributed by atoms with Crippen LogP contribution in [-0.2, 0) is 16.1 Å². The van der Waals surface area contributed by atoms with Gasteiger partial charge in [-0.2, -0.15) is 5.10 Å². The van der Waals surface area contributed by atoms with Crippen molar-refractivity contribution in [3.63, 3.8) is 0 Å². The van der Waals surface area contributed by atoms with Crippen LogP contribution in [-0.4, -0.2) is 28.9 Å². The maximum atomic E-state index is 12.1. The molecule has 1 amide bonds. The normalized spacial score (nSPS) is 18.1. The lowest BCUT2D eigenvalue weighted by atomic mass is 9.98. The minimum atomic E-state index is 0.0887. The van der Waals surface area contributed by atoms with Crippen LogP contribution in [0.4, 0.5) is 0 Å². The zero-order chi connectivity index (χ0) is 15.2. The number of hydrogen-bond donors (Lipinski definition) is 1. The molecule has 1 aromatic heterocycles. The lowest BCUT2D eigenvalue weighted by molar-refractivity contribution is -0.123. The zero-order valence-corrected chi connectivity index (χ0v) is 12.6. The van der Waals surface area contributed by atoms with Crippen molar-refractivity contribution in [2.24, 2.45) is 5.92 Å². The topological polar surface area (TPSA) is 56.1 Å². The molecule has 1 fully saturated rings. The fourth-order valence-electron chi connectivity index (χ4n) is 2.79. The van der Waals surface area contributed by atoms with Gasteiger partial charge in [0.05, 0.1) is 5.69 Å². The molecule has 2 heterocycles. The Morgan fingerprint density at radius 3 is 3.05 bits per heavy atom. The first-order chi connectivity index (χ1) is 10.8. The highest BCUT2D eigenvalue weighted by Crippen LogP contribution is 2.17. The predicted molar refractivity (Wildman–Crippen MR) is 83.6 cm³/mol. The Morgan fingerprint density at radius 1 is 1.36 bits per heavy atom. The first-order valence-electron chi connectivity index (χ1n) is 7.75. The maximum Gasteiger partial charge on any atom is 0.220 e. The second-order valence-corrected chi connectivity index (χ2v) is 5.64. The van der Waals surface area contributed by atoms with Gasteiger partial charge in [0.2, 0.25) is 5.91 Å². The molecule has 3 rings (SSSR count). The van der Waals surface area contributed by atoms with E-state index in [1.54, 1.807) is 6.20 Å². The fourth-order valence-corrected chi connectivity index (χ4v) is 2.79. The van der Waals surface area contributed by atoms with E-state index < -0.39 is 0 Å². The molecule has 1 aromatic carbocycles. The molecule has 0 spiro atoms. The molecular weight excluding hydrogens is 278 g/mol. The van der Waals surface area contributed by atoms with E-state index in [1.807, 2.05) is 41.2 Å². The average molecular weight is 299 g/mol. The number of aromatic nitrogens is 2. The predicted octanol–water partition coefficient (Wildman–Crippen LogP) is 2.31. The minimum Gasteiger partial charge on any atom is -0.381 e. The van der Waals surface area contributed by atoms with Crippen LogP contribution in [0.3, 0.4) is 0 Å². The molecule has 0 unspecified atom stereocenters. The molecule has 0 bridgehead atoms. The van der Waals surface area contributed by atoms with E-state index in [1.165, 1.54) is 0 Å². The van der Waals surface area contributed by atoms with Gasteiger partial charge in [-0.15, -0.1) is 0 Å². The van der Waals surface area contributed by atoms with Gasteiger partial charge in [-0.05, 0) is 36.5 Å². The third kappa shape index (κ3) is 3.74. The average Bonchev–Trinajstić information content (AvgIpc) is 3.08. The number of rotatable bonds is 5. The molecule has 22 heavy (non-hydrogen) atoms. The van der Waals surface area contributed by atoms with Crippen molar-refractivity contribution >= 4 is 5.91 Å². The van der Waals surface area contributed by atoms with Crippen molar-refractivity contribution in [1.29, 1.82) is 0 Å². The second-order valence-electron chi connectivity index (χ2n) is 5.64. The third-order valence-corrected chi connectivity index (χ3v) is 3.95. The van der Waals surface area contributed by atoms with Crippen LogP contribution in [0.25, 0.3) is 5.69 Å². The SMILES string of the molecule is O=C(C[C@H]1CCCOC1)NCc1ccccc1-n1cccn1. The molecule has 1 aliphatic rings. The van der Waals surface area contributed by atoms with Crippen LogP contribution < -0.4 is 5.32 Å². The fraction of sp³-hybridized carbons (Fsp3) is 0.412. The Balaban J connectivity index is 1.58. The van der Waals surface area contributed by atoms with Crippen molar-refractivity contribution < 1.29 is 9.53 Å². The van der Waals surface area contributed by atoms with Crippen molar-refractivity contribution in [2.45, 2.75) is 25.8 Å². The molecule has 5 nitrogen and oxygen atoms in total. The number of benzene rings is 1. The monoisotopic (exact) mass is 299 g/mol. The van der Waals surface area contributed by atoms with Crippen molar-refractivity contribution in [2.75, 3.05) is 13.2 Å². The van der Waals surface area contributed by atoms with Crippen molar-refractivity contribution in [1.82, 2.24) is 15.1 Å². The van der Waals surface area contributed by atoms with Gasteiger partial charge in [0.25, 0.3) is 0 Å². The second kappa shape index (κ2) is 7.22. The van der Waals surface area contributed by atoms with E-state index in [-0.39, 0.29) is 5.91 Å². The molecule has 1 atom stereocenters. The third-order valence-electron chi connectivity index (χ3n) is 3.95. The number of nitrogens with one attached hydrogen (secondary N) is 1. The summed E-state index contributed by atoms with van der Waals surface area (Å²) in [7, 11) is 0. The molecule has 0 aliphatic carbocycles. The number of para-hydroxylation sites is 1. The van der Waals surface area contributed by atoms with E-state index in [4.69, 9.17) is 4.74 Å². The molecule has 5 heteroatoms. The summed E-state index contributed by atoms with van der Waals surface area (Å²) in [5, 5.41) is 7.27. The highest BCUT2D eigenvalue weighted by Gasteiger charge is 2.17. The van der Waals surface area contributed by atoms with Gasteiger partial charge in [-0.3, -0.25) is 4.79 Å². The number of ether oxygens (including phenoxy) is 1. The van der Waals surface area contributed by atoms with Crippen molar-refractivity contribution in [3.8, 4) is 5.69 Å². The minimum absolute atomic E-state index is 0.0887. The van der Waals surface area contributed by atoms with Crippen LogP contribution in [0.5, 0.6) is 0 Å². The summed E-state index contributed by atoms with van der Waals surface area (Å²) in [5.41, 5.74) is 2.05. The smallest absolute Gasteiger partial charge is 0.220 e. The summed E-state index contributed by atoms with van der Waals surface area (Å²) in [6, 6.07) is 9.86. The Labute approximate surface area is 130 Å². The van der Waals surface area contributed by atoms with Gasteiger partial charge in [0, 0.05) is 38.6 Å². The molecule has 0 radical (unpaired) electrons. The first kappa shape index (κ1) is 14.8. The van der Waals surface area contributed by atoms with Crippen LogP contribution in [0, 0.1) is 5.92 Å². The van der Waals surface area contributed by atoms with Crippen LogP contribution in [0.15, 0.2) is 42.7 Å². The van der Waals surface area contributed by atoms with Crippen LogP contribution in [0.2, 0.25) is 0 Å². The lowest BCUT2D eigenvalue weighted by Crippen LogP contribution is -2.28. The summed E-state index contributed by atoms with van der Waals surface area (Å²) >= 11 is 0. The molecule has 2 aromatic rings. The highest BCUT2D eigenvalue weighted by molar-refractivity contribution is 5.76. The van der Waals surface area contributed by atoms with E-state index in [9.17, 15) is 4.79 Å². The molecular formula is C17H21N3O2. The van der Waals surface area contributed by atoms with Crippen LogP contribution >= 0.6 is 0 Å². The van der Waals surface area contributed by atoms with E-state index >= 15 is 0 Å². The highest BCUT2D eigenvalue weighted by atomic mass is 16.5. The Hall–Kier alpha value is -2.14. The number of carbonyl (C=O) groups excluding carboxylic acids is 1. The summed E-state index contributed by atoms with van der Waals surface area (Å²) in [6.45, 7) is 2.05. The van der Waals surface area contributed by atoms with Gasteiger partial charge in [0.1, 0.15) is 0 Å². The Kier molecular flexibility index (Phi) is 4.85. The molecule has 1 N–H and O–H groups in total. The standard InChI is InChI=1S/C17H21N3O2/c21-17(11-14-5-3-10-22-13-14)18-12-15-6-1-2-7-16(15)20-9-4-8-19-20/h1-2,4,6-9,14H,3,5,10-13H2,(H,18,21)/t14-/m1/s1. The van der Waals surface area contributed by atoms with E-state index in [0.29, 0.717) is 25.5 Å². The molecule has 0 saturated carbocycles. The van der Waals surface area contributed by atoms with Gasteiger partial charge < -0.3 is 10.1 Å². The number of nitrogens with zero attached hydrogens (tertiary/aromatic N) is 2. The molecule has 1 aliphatic heterocycles. The van der Waals surface area contributed by atoms with E-state index in [2.05, 4.69) is 10.4 Å². The Morgan fingerprint density at radius 2 is 2.27 bits per heavy atom. The van der Waals surface area contributed by atoms with Gasteiger partial charge in [0.15, 0.2) is 0 Å². The van der Waals surface area contributed by atoms with Gasteiger partial charge in [-0.1, -0.05) is 18.2 Å². The zero-order valence-electron chi connectivity index (χ0n) is 12.6. The Bertz CT molecular complexity index is 604. The molecule has 116 valence electrons. The number of carbonyl (C=O) groups is 1. The molecule has 1 saturated heterocycles. The first-order valence-corrected chi connectivity index (χ1v) is 7.75. The number of hydrogen-bond acceptors (Lipinski definition) is 3. The largest absolute Gasteiger partial charge is 0.381 e. The van der Waals surface area contributed by atoms with Gasteiger partial charge in [-0.25, -0.2) is 4.68 Å². The van der Waals surface area contributed by atoms with Crippen LogP contribution in [0.1, 0.15) is 24.8 Å². The number of amides is 1. The summed E-state index contributed by atoms with van der Waals surface area (Å²) in [4.78, 5) is 12.1. The summed E-state index contributed by atoms with van der Waals surface area (Å²) in [5.74, 6) is 0.445.